The van der Waals surface area contributed by atoms with Gasteiger partial charge in [0, 0.05) is 17.7 Å². The third-order valence-electron chi connectivity index (χ3n) is 3.87. The van der Waals surface area contributed by atoms with E-state index in [1.807, 2.05) is 0 Å². The van der Waals surface area contributed by atoms with E-state index in [9.17, 15) is 13.6 Å². The number of H-pyrrole nitrogens is 1. The van der Waals surface area contributed by atoms with Crippen molar-refractivity contribution in [2.24, 2.45) is 0 Å². The molecule has 6 nitrogen and oxygen atoms in total. The number of benzene rings is 2. The zero-order valence-electron chi connectivity index (χ0n) is 13.3. The quantitative estimate of drug-likeness (QED) is 0.588. The lowest BCUT2D eigenvalue weighted by Gasteiger charge is -2.02. The molecular formula is C18H12F2N4O2. The van der Waals surface area contributed by atoms with Crippen LogP contribution in [0.5, 0.6) is 0 Å². The first-order valence-electron chi connectivity index (χ1n) is 7.72. The second-order valence-electron chi connectivity index (χ2n) is 5.62. The van der Waals surface area contributed by atoms with E-state index in [0.717, 1.165) is 23.2 Å². The monoisotopic (exact) mass is 354 g/mol. The predicted octanol–water partition coefficient (Wildman–Crippen LogP) is 3.43. The first-order chi connectivity index (χ1) is 12.6. The molecular weight excluding hydrogens is 342 g/mol. The number of aromatic amines is 1. The molecule has 0 spiro atoms. The number of carbonyl (C=O) groups excluding carboxylic acids is 1. The summed E-state index contributed by atoms with van der Waals surface area (Å²) in [5, 5.41) is 6.51. The molecule has 0 saturated heterocycles. The summed E-state index contributed by atoms with van der Waals surface area (Å²) in [6, 6.07) is 9.77. The van der Waals surface area contributed by atoms with Gasteiger partial charge in [-0.05, 0) is 30.3 Å². The number of rotatable bonds is 4. The summed E-state index contributed by atoms with van der Waals surface area (Å²) >= 11 is 0. The van der Waals surface area contributed by atoms with Crippen LogP contribution in [0.15, 0.2) is 53.3 Å². The van der Waals surface area contributed by atoms with E-state index in [4.69, 9.17) is 4.52 Å². The summed E-state index contributed by atoms with van der Waals surface area (Å²) in [6.07, 6.45) is 1.55. The highest BCUT2D eigenvalue weighted by molar-refractivity contribution is 5.97. The molecule has 4 rings (SSSR count). The topological polar surface area (TPSA) is 83.8 Å². The molecule has 4 aromatic rings. The number of fused-ring (bicyclic) bond motifs is 1. The lowest BCUT2D eigenvalue weighted by atomic mass is 10.1. The van der Waals surface area contributed by atoms with E-state index in [2.05, 4.69) is 20.4 Å². The van der Waals surface area contributed by atoms with E-state index in [-0.39, 0.29) is 23.8 Å². The standard InChI is InChI=1S/C18H12F2N4O2/c19-11-2-3-13(14(20)6-11)17-7-12(24-26-17)8-21-18(25)10-1-4-15-16(5-10)23-9-22-15/h1-7,9H,8H2,(H,21,25)(H,22,23). The van der Waals surface area contributed by atoms with Gasteiger partial charge >= 0.3 is 0 Å². The number of amides is 1. The van der Waals surface area contributed by atoms with Crippen molar-refractivity contribution in [2.75, 3.05) is 0 Å². The summed E-state index contributed by atoms with van der Waals surface area (Å²) < 4.78 is 31.8. The van der Waals surface area contributed by atoms with E-state index in [1.54, 1.807) is 24.5 Å². The zero-order valence-corrected chi connectivity index (χ0v) is 13.3. The van der Waals surface area contributed by atoms with Crippen LogP contribution in [0.25, 0.3) is 22.4 Å². The van der Waals surface area contributed by atoms with E-state index < -0.39 is 11.6 Å². The van der Waals surface area contributed by atoms with E-state index in [0.29, 0.717) is 11.3 Å². The fourth-order valence-electron chi connectivity index (χ4n) is 2.56. The maximum atomic E-state index is 13.8. The minimum Gasteiger partial charge on any atom is -0.356 e. The van der Waals surface area contributed by atoms with Crippen LogP contribution in [0.1, 0.15) is 16.1 Å². The lowest BCUT2D eigenvalue weighted by molar-refractivity contribution is 0.0950. The molecule has 8 heteroatoms. The smallest absolute Gasteiger partial charge is 0.251 e. The Morgan fingerprint density at radius 2 is 2.04 bits per heavy atom. The Labute approximate surface area is 145 Å². The molecule has 0 aliphatic heterocycles. The second-order valence-corrected chi connectivity index (χ2v) is 5.62. The van der Waals surface area contributed by atoms with Crippen LogP contribution in [0.4, 0.5) is 8.78 Å². The third kappa shape index (κ3) is 3.04. The van der Waals surface area contributed by atoms with Crippen molar-refractivity contribution in [3.05, 3.63) is 71.7 Å². The molecule has 2 aromatic carbocycles. The Morgan fingerprint density at radius 1 is 1.15 bits per heavy atom. The summed E-state index contributed by atoms with van der Waals surface area (Å²) in [4.78, 5) is 19.3. The first kappa shape index (κ1) is 15.9. The van der Waals surface area contributed by atoms with Crippen molar-refractivity contribution >= 4 is 16.9 Å². The summed E-state index contributed by atoms with van der Waals surface area (Å²) in [5.41, 5.74) is 2.51. The molecule has 130 valence electrons. The molecule has 26 heavy (non-hydrogen) atoms. The number of aromatic nitrogens is 3. The SMILES string of the molecule is O=C(NCc1cc(-c2ccc(F)cc2F)on1)c1ccc2nc[nH]c2c1. The van der Waals surface area contributed by atoms with Gasteiger partial charge in [-0.25, -0.2) is 13.8 Å². The van der Waals surface area contributed by atoms with Crippen molar-refractivity contribution in [3.8, 4) is 11.3 Å². The highest BCUT2D eigenvalue weighted by Crippen LogP contribution is 2.24. The Bertz CT molecular complexity index is 1100. The highest BCUT2D eigenvalue weighted by Gasteiger charge is 2.13. The van der Waals surface area contributed by atoms with Crippen molar-refractivity contribution in [3.63, 3.8) is 0 Å². The fraction of sp³-hybridized carbons (Fsp3) is 0.0556. The molecule has 2 heterocycles. The van der Waals surface area contributed by atoms with Crippen LogP contribution in [0.3, 0.4) is 0 Å². The Kier molecular flexibility index (Phi) is 3.92. The molecule has 1 amide bonds. The maximum Gasteiger partial charge on any atom is 0.251 e. The van der Waals surface area contributed by atoms with Crippen LogP contribution in [-0.4, -0.2) is 21.0 Å². The number of nitrogens with one attached hydrogen (secondary N) is 2. The fourth-order valence-corrected chi connectivity index (χ4v) is 2.56. The van der Waals surface area contributed by atoms with Gasteiger partial charge in [-0.2, -0.15) is 0 Å². The van der Waals surface area contributed by atoms with Crippen molar-refractivity contribution in [1.29, 1.82) is 0 Å². The molecule has 0 unspecified atom stereocenters. The van der Waals surface area contributed by atoms with Crippen LogP contribution >= 0.6 is 0 Å². The average Bonchev–Trinajstić information content (AvgIpc) is 3.28. The van der Waals surface area contributed by atoms with Gasteiger partial charge in [0.2, 0.25) is 0 Å². The highest BCUT2D eigenvalue weighted by atomic mass is 19.1. The number of carbonyl (C=O) groups is 1. The number of halogens is 2. The van der Waals surface area contributed by atoms with Crippen LogP contribution in [0.2, 0.25) is 0 Å². The van der Waals surface area contributed by atoms with Crippen LogP contribution in [0, 0.1) is 11.6 Å². The molecule has 0 bridgehead atoms. The van der Waals surface area contributed by atoms with Crippen LogP contribution < -0.4 is 5.32 Å². The zero-order chi connectivity index (χ0) is 18.1. The number of hydrogen-bond donors (Lipinski definition) is 2. The normalized spacial score (nSPS) is 11.0. The average molecular weight is 354 g/mol. The van der Waals surface area contributed by atoms with Gasteiger partial charge in [0.05, 0.1) is 29.5 Å². The summed E-state index contributed by atoms with van der Waals surface area (Å²) in [6.45, 7) is 0.103. The van der Waals surface area contributed by atoms with Gasteiger partial charge in [0.1, 0.15) is 17.3 Å². The first-order valence-corrected chi connectivity index (χ1v) is 7.72. The molecule has 2 aromatic heterocycles. The van der Waals surface area contributed by atoms with Crippen molar-refractivity contribution < 1.29 is 18.1 Å². The molecule has 0 radical (unpaired) electrons. The largest absolute Gasteiger partial charge is 0.356 e. The van der Waals surface area contributed by atoms with Gasteiger partial charge in [0.25, 0.3) is 5.91 Å². The van der Waals surface area contributed by atoms with Gasteiger partial charge in [-0.15, -0.1) is 0 Å². The third-order valence-corrected chi connectivity index (χ3v) is 3.87. The van der Waals surface area contributed by atoms with Gasteiger partial charge in [-0.1, -0.05) is 5.16 Å². The molecule has 0 atom stereocenters. The van der Waals surface area contributed by atoms with Crippen molar-refractivity contribution in [2.45, 2.75) is 6.54 Å². The number of nitrogens with zero attached hydrogens (tertiary/aromatic N) is 2. The molecule has 2 N–H and O–H groups in total. The van der Waals surface area contributed by atoms with E-state index in [1.165, 1.54) is 12.1 Å². The summed E-state index contributed by atoms with van der Waals surface area (Å²) in [5.74, 6) is -1.55. The minimum atomic E-state index is -0.746. The molecule has 0 aliphatic rings. The maximum absolute atomic E-state index is 13.8. The molecule has 0 aliphatic carbocycles. The number of hydrogen-bond acceptors (Lipinski definition) is 4. The minimum absolute atomic E-state index is 0.0983. The van der Waals surface area contributed by atoms with Gasteiger partial charge in [0.15, 0.2) is 5.76 Å². The Balaban J connectivity index is 1.46. The molecule has 0 saturated carbocycles. The second kappa shape index (κ2) is 6.40. The van der Waals surface area contributed by atoms with Gasteiger partial charge < -0.3 is 14.8 Å². The Hall–Kier alpha value is -3.55. The van der Waals surface area contributed by atoms with Crippen molar-refractivity contribution in [1.82, 2.24) is 20.4 Å². The van der Waals surface area contributed by atoms with E-state index >= 15 is 0 Å². The molecule has 0 fully saturated rings. The van der Waals surface area contributed by atoms with Crippen LogP contribution in [-0.2, 0) is 6.54 Å². The van der Waals surface area contributed by atoms with Gasteiger partial charge in [-0.3, -0.25) is 4.79 Å². The Morgan fingerprint density at radius 3 is 2.88 bits per heavy atom. The predicted molar refractivity (Wildman–Crippen MR) is 89.1 cm³/mol. The number of imidazole rings is 1. The summed E-state index contributed by atoms with van der Waals surface area (Å²) in [7, 11) is 0. The lowest BCUT2D eigenvalue weighted by Crippen LogP contribution is -2.22.